The molecule has 0 radical (unpaired) electrons. The summed E-state index contributed by atoms with van der Waals surface area (Å²) in [6, 6.07) is 13.1. The molecule has 0 amide bonds. The lowest BCUT2D eigenvalue weighted by molar-refractivity contribution is 0.101. The smallest absolute Gasteiger partial charge is 0.240 e. The second-order valence-corrected chi connectivity index (χ2v) is 7.84. The molecule has 0 aliphatic heterocycles. The second-order valence-electron chi connectivity index (χ2n) is 7.84. The van der Waals surface area contributed by atoms with Crippen molar-refractivity contribution in [3.8, 4) is 34.7 Å². The van der Waals surface area contributed by atoms with Crippen molar-refractivity contribution < 1.29 is 9.53 Å². The van der Waals surface area contributed by atoms with Crippen molar-refractivity contribution in [1.82, 2.24) is 34.1 Å². The number of aromatic nitrogens is 7. The number of rotatable bonds is 5. The fourth-order valence-electron chi connectivity index (χ4n) is 3.93. The molecule has 0 saturated heterocycles. The average molecular weight is 452 g/mol. The Morgan fingerprint density at radius 1 is 1.15 bits per heavy atom. The molecule has 4 aromatic heterocycles. The number of benzene rings is 1. The zero-order chi connectivity index (χ0) is 24.0. The van der Waals surface area contributed by atoms with E-state index in [2.05, 4.69) is 15.2 Å². The Balaban J connectivity index is 1.63. The van der Waals surface area contributed by atoms with Gasteiger partial charge in [0.2, 0.25) is 5.88 Å². The zero-order valence-corrected chi connectivity index (χ0v) is 19.0. The van der Waals surface area contributed by atoms with Gasteiger partial charge in [0.05, 0.1) is 29.3 Å². The minimum atomic E-state index is -0.145. The van der Waals surface area contributed by atoms with E-state index in [-0.39, 0.29) is 11.5 Å². The molecule has 0 unspecified atom stereocenters. The topological polar surface area (TPSA) is 116 Å². The standard InChI is InChI=1S/C24H20N8O2/c1-14-9-17(11-25)28-32(14)23-18(15(2)33)6-8-22(27-23)31-13-26-20-10-16(5-7-21(20)31)19-12-30(3)29-24(19)34-4/h5-10,12-13H,1-4H3. The number of hydrogen-bond donors (Lipinski definition) is 0. The maximum Gasteiger partial charge on any atom is 0.240 e. The van der Waals surface area contributed by atoms with Gasteiger partial charge in [-0.05, 0) is 49.7 Å². The fourth-order valence-corrected chi connectivity index (χ4v) is 3.93. The summed E-state index contributed by atoms with van der Waals surface area (Å²) < 4.78 is 10.5. The molecule has 4 heterocycles. The number of hydrogen-bond acceptors (Lipinski definition) is 7. The highest BCUT2D eigenvalue weighted by molar-refractivity contribution is 5.97. The molecule has 1 aromatic carbocycles. The average Bonchev–Trinajstić information content (AvgIpc) is 3.53. The Bertz CT molecular complexity index is 1620. The monoisotopic (exact) mass is 452 g/mol. The van der Waals surface area contributed by atoms with Crippen molar-refractivity contribution in [2.75, 3.05) is 7.11 Å². The first-order valence-corrected chi connectivity index (χ1v) is 10.4. The molecular weight excluding hydrogens is 432 g/mol. The van der Waals surface area contributed by atoms with E-state index < -0.39 is 0 Å². The number of ether oxygens (including phenoxy) is 1. The van der Waals surface area contributed by atoms with E-state index in [1.807, 2.05) is 49.0 Å². The molecule has 0 aliphatic carbocycles. The van der Waals surface area contributed by atoms with Crippen LogP contribution in [0.3, 0.4) is 0 Å². The molecule has 5 aromatic rings. The highest BCUT2D eigenvalue weighted by Crippen LogP contribution is 2.31. The van der Waals surface area contributed by atoms with E-state index in [9.17, 15) is 10.1 Å². The summed E-state index contributed by atoms with van der Waals surface area (Å²) in [7, 11) is 3.43. The molecule has 0 bridgehead atoms. The second kappa shape index (κ2) is 7.97. The van der Waals surface area contributed by atoms with E-state index in [0.29, 0.717) is 28.8 Å². The van der Waals surface area contributed by atoms with E-state index in [1.165, 1.54) is 11.6 Å². The number of aryl methyl sites for hydroxylation is 2. The molecule has 10 heteroatoms. The third-order valence-corrected chi connectivity index (χ3v) is 5.54. The third kappa shape index (κ3) is 3.40. The Morgan fingerprint density at radius 3 is 2.68 bits per heavy atom. The van der Waals surface area contributed by atoms with Crippen molar-refractivity contribution in [1.29, 1.82) is 5.26 Å². The predicted octanol–water partition coefficient (Wildman–Crippen LogP) is 3.40. The van der Waals surface area contributed by atoms with Gasteiger partial charge in [0.1, 0.15) is 18.2 Å². The Kier molecular flexibility index (Phi) is 4.94. The minimum Gasteiger partial charge on any atom is -0.479 e. The molecule has 0 atom stereocenters. The van der Waals surface area contributed by atoms with Crippen LogP contribution in [0.15, 0.2) is 48.9 Å². The van der Waals surface area contributed by atoms with Crippen LogP contribution >= 0.6 is 0 Å². The molecule has 0 saturated carbocycles. The highest BCUT2D eigenvalue weighted by Gasteiger charge is 2.18. The Morgan fingerprint density at radius 2 is 1.97 bits per heavy atom. The predicted molar refractivity (Wildman–Crippen MR) is 124 cm³/mol. The van der Waals surface area contributed by atoms with Crippen molar-refractivity contribution >= 4 is 16.8 Å². The van der Waals surface area contributed by atoms with E-state index in [4.69, 9.17) is 9.72 Å². The molecule has 0 fully saturated rings. The minimum absolute atomic E-state index is 0.145. The third-order valence-electron chi connectivity index (χ3n) is 5.54. The zero-order valence-electron chi connectivity index (χ0n) is 19.0. The van der Waals surface area contributed by atoms with Crippen LogP contribution in [0.5, 0.6) is 5.88 Å². The van der Waals surface area contributed by atoms with Crippen molar-refractivity contribution in [2.24, 2.45) is 7.05 Å². The number of carbonyl (C=O) groups excluding carboxylic acids is 1. The Hall–Kier alpha value is -4.78. The van der Waals surface area contributed by atoms with Crippen LogP contribution in [0.4, 0.5) is 0 Å². The highest BCUT2D eigenvalue weighted by atomic mass is 16.5. The number of ketones is 1. The quantitative estimate of drug-likeness (QED) is 0.375. The lowest BCUT2D eigenvalue weighted by Gasteiger charge is -2.11. The van der Waals surface area contributed by atoms with Gasteiger partial charge < -0.3 is 4.74 Å². The van der Waals surface area contributed by atoms with Gasteiger partial charge >= 0.3 is 0 Å². The summed E-state index contributed by atoms with van der Waals surface area (Å²) in [6.07, 6.45) is 3.58. The summed E-state index contributed by atoms with van der Waals surface area (Å²) in [5, 5.41) is 17.8. The van der Waals surface area contributed by atoms with Crippen LogP contribution in [0.1, 0.15) is 28.7 Å². The van der Waals surface area contributed by atoms with Crippen LogP contribution in [0.2, 0.25) is 0 Å². The molecule has 10 nitrogen and oxygen atoms in total. The SMILES string of the molecule is COc1nn(C)cc1-c1ccc2c(c1)ncn2-c1ccc(C(C)=O)c(-n2nc(C#N)cc2C)n1. The van der Waals surface area contributed by atoms with Crippen LogP contribution in [0.25, 0.3) is 33.8 Å². The number of methoxy groups -OCH3 is 1. The van der Waals surface area contributed by atoms with E-state index >= 15 is 0 Å². The van der Waals surface area contributed by atoms with Crippen LogP contribution < -0.4 is 4.74 Å². The number of pyridine rings is 1. The summed E-state index contributed by atoms with van der Waals surface area (Å²) >= 11 is 0. The lowest BCUT2D eigenvalue weighted by Crippen LogP contribution is -2.11. The van der Waals surface area contributed by atoms with E-state index in [0.717, 1.165) is 22.2 Å². The lowest BCUT2D eigenvalue weighted by atomic mass is 10.1. The normalized spacial score (nSPS) is 11.0. The Labute approximate surface area is 194 Å². The summed E-state index contributed by atoms with van der Waals surface area (Å²) in [4.78, 5) is 21.6. The summed E-state index contributed by atoms with van der Waals surface area (Å²) in [6.45, 7) is 3.29. The maximum absolute atomic E-state index is 12.3. The van der Waals surface area contributed by atoms with Crippen LogP contribution in [0, 0.1) is 18.3 Å². The number of Topliss-reactive ketones (excluding diaryl/α,β-unsaturated/α-hetero) is 1. The number of nitrogens with zero attached hydrogens (tertiary/aromatic N) is 8. The molecule has 5 rings (SSSR count). The number of carbonyl (C=O) groups is 1. The molecule has 168 valence electrons. The molecule has 0 spiro atoms. The van der Waals surface area contributed by atoms with Gasteiger partial charge in [0.25, 0.3) is 0 Å². The van der Waals surface area contributed by atoms with Gasteiger partial charge in [-0.25, -0.2) is 14.6 Å². The van der Waals surface area contributed by atoms with Gasteiger partial charge in [-0.1, -0.05) is 6.07 Å². The first-order valence-electron chi connectivity index (χ1n) is 10.4. The van der Waals surface area contributed by atoms with Crippen LogP contribution in [-0.4, -0.2) is 47.0 Å². The van der Waals surface area contributed by atoms with Gasteiger partial charge in [0, 0.05) is 18.9 Å². The molecule has 0 aliphatic rings. The van der Waals surface area contributed by atoms with Gasteiger partial charge in [-0.2, -0.15) is 10.4 Å². The van der Waals surface area contributed by atoms with E-state index in [1.54, 1.807) is 36.3 Å². The van der Waals surface area contributed by atoms with Gasteiger partial charge in [-0.3, -0.25) is 14.0 Å². The summed E-state index contributed by atoms with van der Waals surface area (Å²) in [5.41, 5.74) is 4.78. The first-order chi connectivity index (χ1) is 16.4. The number of fused-ring (bicyclic) bond motifs is 1. The summed E-state index contributed by atoms with van der Waals surface area (Å²) in [5.74, 6) is 1.33. The number of nitriles is 1. The van der Waals surface area contributed by atoms with Gasteiger partial charge in [-0.15, -0.1) is 5.10 Å². The molecule has 34 heavy (non-hydrogen) atoms. The fraction of sp³-hybridized carbons (Fsp3) is 0.167. The molecule has 0 N–H and O–H groups in total. The molecular formula is C24H20N8O2. The number of imidazole rings is 1. The van der Waals surface area contributed by atoms with Crippen molar-refractivity contribution in [3.63, 3.8) is 0 Å². The largest absolute Gasteiger partial charge is 0.479 e. The van der Waals surface area contributed by atoms with Gasteiger partial charge in [0.15, 0.2) is 17.3 Å². The maximum atomic E-state index is 12.3. The van der Waals surface area contributed by atoms with Crippen molar-refractivity contribution in [2.45, 2.75) is 13.8 Å². The first kappa shape index (κ1) is 21.1. The van der Waals surface area contributed by atoms with Crippen molar-refractivity contribution in [3.05, 3.63) is 65.9 Å². The van der Waals surface area contributed by atoms with Crippen LogP contribution in [-0.2, 0) is 7.05 Å².